The normalized spacial score (nSPS) is 18.3. The van der Waals surface area contributed by atoms with E-state index in [2.05, 4.69) is 40.9 Å². The van der Waals surface area contributed by atoms with Crippen LogP contribution in [0.1, 0.15) is 17.5 Å². The van der Waals surface area contributed by atoms with Gasteiger partial charge in [-0.25, -0.2) is 0 Å². The molecule has 0 aromatic heterocycles. The lowest BCUT2D eigenvalue weighted by atomic mass is 10.1. The SMILES string of the molecule is NCc1cccc(CN2CCCSCC2)c1. The smallest absolute Gasteiger partial charge is 0.0234 e. The van der Waals surface area contributed by atoms with Crippen LogP contribution in [0.2, 0.25) is 0 Å². The van der Waals surface area contributed by atoms with Gasteiger partial charge in [0.05, 0.1) is 0 Å². The summed E-state index contributed by atoms with van der Waals surface area (Å²) in [5.74, 6) is 2.59. The topological polar surface area (TPSA) is 29.3 Å². The Balaban J connectivity index is 1.96. The number of nitrogens with two attached hydrogens (primary N) is 1. The van der Waals surface area contributed by atoms with E-state index >= 15 is 0 Å². The van der Waals surface area contributed by atoms with E-state index in [9.17, 15) is 0 Å². The summed E-state index contributed by atoms with van der Waals surface area (Å²) in [5, 5.41) is 0. The van der Waals surface area contributed by atoms with Crippen LogP contribution in [0, 0.1) is 0 Å². The Morgan fingerprint density at radius 3 is 2.94 bits per heavy atom. The Bertz CT molecular complexity index is 319. The molecule has 1 aliphatic heterocycles. The standard InChI is InChI=1S/C13H20N2S/c14-10-12-3-1-4-13(9-12)11-15-5-2-7-16-8-6-15/h1,3-4,9H,2,5-8,10-11,14H2. The van der Waals surface area contributed by atoms with Gasteiger partial charge in [-0.1, -0.05) is 24.3 Å². The molecule has 1 aliphatic rings. The summed E-state index contributed by atoms with van der Waals surface area (Å²) in [6.07, 6.45) is 1.32. The van der Waals surface area contributed by atoms with Crippen LogP contribution in [-0.4, -0.2) is 29.5 Å². The van der Waals surface area contributed by atoms with Gasteiger partial charge >= 0.3 is 0 Å². The lowest BCUT2D eigenvalue weighted by Crippen LogP contribution is -2.25. The number of nitrogens with zero attached hydrogens (tertiary/aromatic N) is 1. The first-order chi connectivity index (χ1) is 7.88. The van der Waals surface area contributed by atoms with Crippen LogP contribution >= 0.6 is 11.8 Å². The van der Waals surface area contributed by atoms with Gasteiger partial charge in [-0.15, -0.1) is 0 Å². The van der Waals surface area contributed by atoms with Crippen molar-refractivity contribution < 1.29 is 0 Å². The van der Waals surface area contributed by atoms with E-state index in [4.69, 9.17) is 5.73 Å². The van der Waals surface area contributed by atoms with Gasteiger partial charge in [-0.2, -0.15) is 11.8 Å². The molecule has 1 heterocycles. The number of thioether (sulfide) groups is 1. The molecule has 2 N–H and O–H groups in total. The minimum absolute atomic E-state index is 0.643. The molecule has 1 aromatic rings. The number of rotatable bonds is 3. The maximum absolute atomic E-state index is 5.66. The molecule has 0 saturated carbocycles. The van der Waals surface area contributed by atoms with Crippen molar-refractivity contribution in [2.75, 3.05) is 24.6 Å². The van der Waals surface area contributed by atoms with E-state index in [1.807, 2.05) is 0 Å². The first-order valence-corrected chi connectivity index (χ1v) is 7.12. The van der Waals surface area contributed by atoms with Crippen LogP contribution in [0.25, 0.3) is 0 Å². The van der Waals surface area contributed by atoms with Crippen molar-refractivity contribution >= 4 is 11.8 Å². The summed E-state index contributed by atoms with van der Waals surface area (Å²) in [6, 6.07) is 8.65. The fourth-order valence-corrected chi connectivity index (χ4v) is 2.99. The molecule has 1 fully saturated rings. The number of hydrogen-bond acceptors (Lipinski definition) is 3. The van der Waals surface area contributed by atoms with Crippen molar-refractivity contribution in [3.8, 4) is 0 Å². The van der Waals surface area contributed by atoms with Crippen LogP contribution in [-0.2, 0) is 13.1 Å². The minimum atomic E-state index is 0.643. The van der Waals surface area contributed by atoms with Crippen molar-refractivity contribution in [2.45, 2.75) is 19.5 Å². The quantitative estimate of drug-likeness (QED) is 0.871. The van der Waals surface area contributed by atoms with Gasteiger partial charge in [0.1, 0.15) is 0 Å². The summed E-state index contributed by atoms with van der Waals surface area (Å²) < 4.78 is 0. The molecule has 3 heteroatoms. The Hall–Kier alpha value is -0.510. The molecule has 88 valence electrons. The van der Waals surface area contributed by atoms with E-state index in [1.165, 1.54) is 42.1 Å². The van der Waals surface area contributed by atoms with Crippen LogP contribution < -0.4 is 5.73 Å². The molecule has 2 nitrogen and oxygen atoms in total. The zero-order valence-corrected chi connectivity index (χ0v) is 10.5. The van der Waals surface area contributed by atoms with Crippen LogP contribution in [0.5, 0.6) is 0 Å². The van der Waals surface area contributed by atoms with Crippen molar-refractivity contribution in [1.29, 1.82) is 0 Å². The minimum Gasteiger partial charge on any atom is -0.326 e. The molecule has 0 atom stereocenters. The molecule has 0 unspecified atom stereocenters. The summed E-state index contributed by atoms with van der Waals surface area (Å²) in [6.45, 7) is 4.18. The molecule has 0 radical (unpaired) electrons. The molecular weight excluding hydrogens is 216 g/mol. The molecular formula is C13H20N2S. The molecule has 16 heavy (non-hydrogen) atoms. The predicted octanol–water partition coefficient (Wildman–Crippen LogP) is 2.08. The van der Waals surface area contributed by atoms with Crippen LogP contribution in [0.15, 0.2) is 24.3 Å². The Morgan fingerprint density at radius 2 is 2.06 bits per heavy atom. The first-order valence-electron chi connectivity index (χ1n) is 5.96. The fourth-order valence-electron chi connectivity index (χ4n) is 2.07. The van der Waals surface area contributed by atoms with Crippen molar-refractivity contribution in [2.24, 2.45) is 5.73 Å². The summed E-state index contributed by atoms with van der Waals surface area (Å²) >= 11 is 2.08. The van der Waals surface area contributed by atoms with E-state index < -0.39 is 0 Å². The first kappa shape index (κ1) is 12.0. The third-order valence-electron chi connectivity index (χ3n) is 2.95. The number of hydrogen-bond donors (Lipinski definition) is 1. The van der Waals surface area contributed by atoms with Crippen molar-refractivity contribution in [3.63, 3.8) is 0 Å². The molecule has 2 rings (SSSR count). The van der Waals surface area contributed by atoms with Gasteiger partial charge in [0.2, 0.25) is 0 Å². The van der Waals surface area contributed by atoms with E-state index in [0.717, 1.165) is 6.54 Å². The Morgan fingerprint density at radius 1 is 1.19 bits per heavy atom. The predicted molar refractivity (Wildman–Crippen MR) is 71.6 cm³/mol. The molecule has 1 saturated heterocycles. The molecule has 1 aromatic carbocycles. The van der Waals surface area contributed by atoms with Gasteiger partial charge < -0.3 is 5.73 Å². The highest BCUT2D eigenvalue weighted by molar-refractivity contribution is 7.99. The van der Waals surface area contributed by atoms with Gasteiger partial charge in [0.15, 0.2) is 0 Å². The largest absolute Gasteiger partial charge is 0.326 e. The van der Waals surface area contributed by atoms with Crippen molar-refractivity contribution in [3.05, 3.63) is 35.4 Å². The second-order valence-electron chi connectivity index (χ2n) is 4.27. The third kappa shape index (κ3) is 3.51. The lowest BCUT2D eigenvalue weighted by Gasteiger charge is -2.19. The maximum atomic E-state index is 5.66. The van der Waals surface area contributed by atoms with Gasteiger partial charge in [-0.3, -0.25) is 4.90 Å². The average molecular weight is 236 g/mol. The summed E-state index contributed by atoms with van der Waals surface area (Å²) in [5.41, 5.74) is 8.30. The van der Waals surface area contributed by atoms with Crippen LogP contribution in [0.3, 0.4) is 0 Å². The Kier molecular flexibility index (Phi) is 4.69. The zero-order valence-electron chi connectivity index (χ0n) is 9.69. The van der Waals surface area contributed by atoms with E-state index in [-0.39, 0.29) is 0 Å². The van der Waals surface area contributed by atoms with Crippen molar-refractivity contribution in [1.82, 2.24) is 4.90 Å². The average Bonchev–Trinajstić information content (AvgIpc) is 2.58. The third-order valence-corrected chi connectivity index (χ3v) is 4.00. The highest BCUT2D eigenvalue weighted by Gasteiger charge is 2.09. The van der Waals surface area contributed by atoms with Gasteiger partial charge in [0, 0.05) is 25.4 Å². The number of benzene rings is 1. The van der Waals surface area contributed by atoms with Crippen LogP contribution in [0.4, 0.5) is 0 Å². The van der Waals surface area contributed by atoms with Gasteiger partial charge in [-0.05, 0) is 29.8 Å². The fraction of sp³-hybridized carbons (Fsp3) is 0.538. The molecule has 0 spiro atoms. The second kappa shape index (κ2) is 6.28. The Labute approximate surface area is 102 Å². The van der Waals surface area contributed by atoms with E-state index in [1.54, 1.807) is 0 Å². The molecule has 0 aliphatic carbocycles. The maximum Gasteiger partial charge on any atom is 0.0234 e. The monoisotopic (exact) mass is 236 g/mol. The summed E-state index contributed by atoms with van der Waals surface area (Å²) in [7, 11) is 0. The second-order valence-corrected chi connectivity index (χ2v) is 5.49. The molecule has 0 amide bonds. The highest BCUT2D eigenvalue weighted by atomic mass is 32.2. The zero-order chi connectivity index (χ0) is 11.2. The lowest BCUT2D eigenvalue weighted by molar-refractivity contribution is 0.287. The molecule has 0 bridgehead atoms. The van der Waals surface area contributed by atoms with E-state index in [0.29, 0.717) is 6.54 Å². The summed E-state index contributed by atoms with van der Waals surface area (Å²) in [4.78, 5) is 2.55. The highest BCUT2D eigenvalue weighted by Crippen LogP contribution is 2.13. The van der Waals surface area contributed by atoms with Gasteiger partial charge in [0.25, 0.3) is 0 Å².